The first kappa shape index (κ1) is 14.7. The Morgan fingerprint density at radius 3 is 1.56 bits per heavy atom. The van der Waals surface area contributed by atoms with Crippen LogP contribution >= 0.6 is 0 Å². The normalized spacial score (nSPS) is 10.8. The molecule has 0 aliphatic heterocycles. The van der Waals surface area contributed by atoms with Crippen molar-refractivity contribution in [2.24, 2.45) is 0 Å². The van der Waals surface area contributed by atoms with Crippen LogP contribution in [-0.4, -0.2) is 9.97 Å². The second-order valence-corrected chi connectivity index (χ2v) is 4.80. The van der Waals surface area contributed by atoms with Crippen molar-refractivity contribution < 1.29 is 0 Å². The van der Waals surface area contributed by atoms with Gasteiger partial charge in [0.2, 0.25) is 0 Å². The lowest BCUT2D eigenvalue weighted by molar-refractivity contribution is 0.687. The lowest BCUT2D eigenvalue weighted by atomic mass is 10.1. The Kier molecular flexibility index (Phi) is 6.47. The second kappa shape index (κ2) is 7.90. The lowest BCUT2D eigenvalue weighted by Gasteiger charge is -2.09. The Hall–Kier alpha value is -1.32. The number of aromatic nitrogens is 2. The summed E-state index contributed by atoms with van der Waals surface area (Å²) < 4.78 is 0. The molecular weight excluding hydrogens is 224 g/mol. The van der Waals surface area contributed by atoms with Crippen molar-refractivity contribution in [1.29, 1.82) is 0 Å². The van der Waals surface area contributed by atoms with Gasteiger partial charge in [0, 0.05) is 0 Å². The Morgan fingerprint density at radius 1 is 0.722 bits per heavy atom. The van der Waals surface area contributed by atoms with Gasteiger partial charge in [0.25, 0.3) is 0 Å². The summed E-state index contributed by atoms with van der Waals surface area (Å²) in [6.45, 7) is 4.38. The van der Waals surface area contributed by atoms with E-state index in [1.54, 1.807) is 0 Å². The molecule has 0 saturated heterocycles. The van der Waals surface area contributed by atoms with Gasteiger partial charge in [-0.05, 0) is 25.7 Å². The highest BCUT2D eigenvalue weighted by Crippen LogP contribution is 2.17. The number of nitrogens with two attached hydrogens (primary N) is 2. The van der Waals surface area contributed by atoms with E-state index in [-0.39, 0.29) is 0 Å². The smallest absolute Gasteiger partial charge is 0.147 e. The second-order valence-electron chi connectivity index (χ2n) is 4.80. The first-order valence-electron chi connectivity index (χ1n) is 7.09. The van der Waals surface area contributed by atoms with Gasteiger partial charge >= 0.3 is 0 Å². The molecule has 1 aromatic rings. The first-order chi connectivity index (χ1) is 8.69. The fraction of sp³-hybridized carbons (Fsp3) is 0.714. The van der Waals surface area contributed by atoms with E-state index in [0.29, 0.717) is 11.6 Å². The maximum absolute atomic E-state index is 5.87. The number of nitrogen functional groups attached to an aromatic ring is 2. The highest BCUT2D eigenvalue weighted by atomic mass is 15.0. The van der Waals surface area contributed by atoms with Crippen LogP contribution in [0.5, 0.6) is 0 Å². The fourth-order valence-corrected chi connectivity index (χ4v) is 1.99. The zero-order valence-electron chi connectivity index (χ0n) is 11.7. The molecule has 18 heavy (non-hydrogen) atoms. The quantitative estimate of drug-likeness (QED) is 0.695. The van der Waals surface area contributed by atoms with E-state index in [9.17, 15) is 0 Å². The van der Waals surface area contributed by atoms with Crippen molar-refractivity contribution in [2.75, 3.05) is 11.5 Å². The molecule has 0 bridgehead atoms. The van der Waals surface area contributed by atoms with Crippen LogP contribution in [0.3, 0.4) is 0 Å². The molecule has 0 radical (unpaired) electrons. The molecule has 0 aromatic carbocycles. The Balaban J connectivity index is 2.68. The minimum atomic E-state index is 0.503. The van der Waals surface area contributed by atoms with E-state index in [0.717, 1.165) is 37.1 Å². The highest BCUT2D eigenvalue weighted by Gasteiger charge is 2.09. The molecule has 4 nitrogen and oxygen atoms in total. The molecule has 0 amide bonds. The molecule has 4 heteroatoms. The van der Waals surface area contributed by atoms with Crippen molar-refractivity contribution in [3.8, 4) is 0 Å². The van der Waals surface area contributed by atoms with E-state index in [2.05, 4.69) is 23.8 Å². The maximum atomic E-state index is 5.87. The van der Waals surface area contributed by atoms with E-state index in [4.69, 9.17) is 11.5 Å². The number of anilines is 2. The van der Waals surface area contributed by atoms with Crippen LogP contribution in [-0.2, 0) is 12.8 Å². The average molecular weight is 250 g/mol. The minimum absolute atomic E-state index is 0.503. The molecule has 4 N–H and O–H groups in total. The molecule has 1 heterocycles. The summed E-state index contributed by atoms with van der Waals surface area (Å²) in [5, 5.41) is 0. The highest BCUT2D eigenvalue weighted by molar-refractivity contribution is 5.45. The summed E-state index contributed by atoms with van der Waals surface area (Å²) in [6.07, 6.45) is 8.87. The topological polar surface area (TPSA) is 77.8 Å². The molecule has 1 rings (SSSR count). The van der Waals surface area contributed by atoms with Gasteiger partial charge in [0.15, 0.2) is 0 Å². The Bertz CT molecular complexity index is 332. The van der Waals surface area contributed by atoms with Crippen LogP contribution in [0.1, 0.15) is 63.8 Å². The van der Waals surface area contributed by atoms with Gasteiger partial charge in [-0.25, -0.2) is 4.98 Å². The molecule has 0 spiro atoms. The van der Waals surface area contributed by atoms with Crippen molar-refractivity contribution in [1.82, 2.24) is 9.97 Å². The van der Waals surface area contributed by atoms with Crippen molar-refractivity contribution in [3.05, 3.63) is 11.4 Å². The monoisotopic (exact) mass is 250 g/mol. The molecule has 0 unspecified atom stereocenters. The Labute approximate surface area is 110 Å². The summed E-state index contributed by atoms with van der Waals surface area (Å²) in [4.78, 5) is 8.83. The third-order valence-electron chi connectivity index (χ3n) is 3.14. The minimum Gasteiger partial charge on any atom is -0.382 e. The van der Waals surface area contributed by atoms with Gasteiger partial charge < -0.3 is 11.5 Å². The number of rotatable bonds is 8. The fourth-order valence-electron chi connectivity index (χ4n) is 1.99. The third-order valence-corrected chi connectivity index (χ3v) is 3.14. The van der Waals surface area contributed by atoms with Gasteiger partial charge in [0.1, 0.15) is 11.6 Å². The van der Waals surface area contributed by atoms with Crippen LogP contribution in [0.15, 0.2) is 0 Å². The van der Waals surface area contributed by atoms with Crippen LogP contribution in [0, 0.1) is 0 Å². The van der Waals surface area contributed by atoms with Crippen LogP contribution in [0.25, 0.3) is 0 Å². The number of aryl methyl sites for hydroxylation is 2. The SMILES string of the molecule is CCCCCc1nc(CCCCC)c(N)nc1N. The predicted octanol–water partition coefficient (Wildman–Crippen LogP) is 3.11. The van der Waals surface area contributed by atoms with E-state index >= 15 is 0 Å². The lowest BCUT2D eigenvalue weighted by Crippen LogP contribution is -2.09. The number of hydrogen-bond acceptors (Lipinski definition) is 4. The molecule has 0 aliphatic rings. The summed E-state index contributed by atoms with van der Waals surface area (Å²) in [7, 11) is 0. The van der Waals surface area contributed by atoms with Gasteiger partial charge in [-0.3, -0.25) is 4.98 Å². The number of unbranched alkanes of at least 4 members (excludes halogenated alkanes) is 4. The maximum Gasteiger partial charge on any atom is 0.147 e. The van der Waals surface area contributed by atoms with Gasteiger partial charge in [-0.2, -0.15) is 0 Å². The average Bonchev–Trinajstić information content (AvgIpc) is 2.34. The van der Waals surface area contributed by atoms with Gasteiger partial charge in [-0.15, -0.1) is 0 Å². The predicted molar refractivity (Wildman–Crippen MR) is 77.3 cm³/mol. The molecule has 0 aliphatic carbocycles. The van der Waals surface area contributed by atoms with Crippen molar-refractivity contribution in [3.63, 3.8) is 0 Å². The summed E-state index contributed by atoms with van der Waals surface area (Å²) in [5.41, 5.74) is 13.6. The zero-order chi connectivity index (χ0) is 13.4. The van der Waals surface area contributed by atoms with Crippen molar-refractivity contribution in [2.45, 2.75) is 65.2 Å². The molecule has 1 aromatic heterocycles. The van der Waals surface area contributed by atoms with Crippen LogP contribution < -0.4 is 11.5 Å². The number of hydrogen-bond donors (Lipinski definition) is 2. The summed E-state index contributed by atoms with van der Waals surface area (Å²) >= 11 is 0. The molecule has 0 fully saturated rings. The number of nitrogens with zero attached hydrogens (tertiary/aromatic N) is 2. The van der Waals surface area contributed by atoms with E-state index in [1.807, 2.05) is 0 Å². The standard InChI is InChI=1S/C14H26N4/c1-3-5-7-9-11-13(15)18-14(16)12(17-11)10-8-6-4-2/h3-10H2,1-2H3,(H4,15,16,18). The van der Waals surface area contributed by atoms with E-state index in [1.165, 1.54) is 25.7 Å². The summed E-state index contributed by atoms with van der Waals surface area (Å²) in [5.74, 6) is 1.01. The van der Waals surface area contributed by atoms with Gasteiger partial charge in [0.05, 0.1) is 11.4 Å². The first-order valence-corrected chi connectivity index (χ1v) is 7.09. The van der Waals surface area contributed by atoms with Gasteiger partial charge in [-0.1, -0.05) is 39.5 Å². The molecule has 102 valence electrons. The summed E-state index contributed by atoms with van der Waals surface area (Å²) in [6, 6.07) is 0. The van der Waals surface area contributed by atoms with Crippen molar-refractivity contribution >= 4 is 11.6 Å². The molecule has 0 saturated carbocycles. The molecular formula is C14H26N4. The zero-order valence-corrected chi connectivity index (χ0v) is 11.7. The molecule has 0 atom stereocenters. The third kappa shape index (κ3) is 4.51. The van der Waals surface area contributed by atoms with Crippen LogP contribution in [0.4, 0.5) is 11.6 Å². The Morgan fingerprint density at radius 2 is 1.17 bits per heavy atom. The van der Waals surface area contributed by atoms with Crippen LogP contribution in [0.2, 0.25) is 0 Å². The largest absolute Gasteiger partial charge is 0.382 e. The van der Waals surface area contributed by atoms with E-state index < -0.39 is 0 Å².